The Labute approximate surface area is 98.9 Å². The maximum absolute atomic E-state index is 2.35. The van der Waals surface area contributed by atoms with Gasteiger partial charge in [-0.2, -0.15) is 0 Å². The number of nitrogens with one attached hydrogen (secondary N) is 2. The molecule has 2 rings (SSSR count). The summed E-state index contributed by atoms with van der Waals surface area (Å²) in [6.07, 6.45) is 2.76. The summed E-state index contributed by atoms with van der Waals surface area (Å²) in [6, 6.07) is 11.7. The first-order chi connectivity index (χ1) is 7.75. The molecule has 1 aliphatic rings. The minimum Gasteiger partial charge on any atom is -0.337 e. The van der Waals surface area contributed by atoms with Crippen molar-refractivity contribution in [2.75, 3.05) is 27.2 Å². The van der Waals surface area contributed by atoms with E-state index in [1.54, 1.807) is 9.80 Å². The smallest absolute Gasteiger partial charge is 0.103 e. The Balaban J connectivity index is 1.86. The van der Waals surface area contributed by atoms with Crippen LogP contribution in [0.5, 0.6) is 0 Å². The van der Waals surface area contributed by atoms with Gasteiger partial charge in [-0.1, -0.05) is 30.3 Å². The number of hydrogen-bond donors (Lipinski definition) is 2. The van der Waals surface area contributed by atoms with Crippen LogP contribution >= 0.6 is 0 Å². The number of benzene rings is 1. The second kappa shape index (κ2) is 5.46. The highest BCUT2D eigenvalue weighted by atomic mass is 15.2. The second-order valence-electron chi connectivity index (χ2n) is 5.24. The topological polar surface area (TPSA) is 8.88 Å². The van der Waals surface area contributed by atoms with Crippen LogP contribution in [0.1, 0.15) is 18.4 Å². The highest BCUT2D eigenvalue weighted by molar-refractivity contribution is 5.13. The predicted molar refractivity (Wildman–Crippen MR) is 66.7 cm³/mol. The monoisotopic (exact) mass is 220 g/mol. The molecule has 16 heavy (non-hydrogen) atoms. The summed E-state index contributed by atoms with van der Waals surface area (Å²) in [5.41, 5.74) is 1.46. The lowest BCUT2D eigenvalue weighted by molar-refractivity contribution is -0.948. The molecule has 88 valence electrons. The lowest BCUT2D eigenvalue weighted by atomic mass is 10.0. The summed E-state index contributed by atoms with van der Waals surface area (Å²) in [5.74, 6) is 0. The normalized spacial score (nSPS) is 27.6. The molecule has 1 heterocycles. The highest BCUT2D eigenvalue weighted by Gasteiger charge is 2.25. The van der Waals surface area contributed by atoms with Crippen LogP contribution in [0.25, 0.3) is 0 Å². The zero-order valence-corrected chi connectivity index (χ0v) is 10.5. The fourth-order valence-corrected chi connectivity index (χ4v) is 2.67. The number of hydrogen-bond acceptors (Lipinski definition) is 0. The van der Waals surface area contributed by atoms with E-state index in [0.29, 0.717) is 0 Å². The summed E-state index contributed by atoms with van der Waals surface area (Å²) in [4.78, 5) is 3.38. The molecule has 1 fully saturated rings. The molecule has 0 bridgehead atoms. The quantitative estimate of drug-likeness (QED) is 0.672. The van der Waals surface area contributed by atoms with Gasteiger partial charge in [0.25, 0.3) is 0 Å². The number of quaternary nitrogens is 2. The third kappa shape index (κ3) is 3.06. The molecular weight excluding hydrogens is 196 g/mol. The molecule has 1 aromatic carbocycles. The van der Waals surface area contributed by atoms with Crippen molar-refractivity contribution in [2.45, 2.75) is 25.4 Å². The van der Waals surface area contributed by atoms with Crippen molar-refractivity contribution in [3.05, 3.63) is 35.9 Å². The van der Waals surface area contributed by atoms with Gasteiger partial charge in [-0.05, 0) is 0 Å². The molecule has 2 N–H and O–H groups in total. The number of piperidine rings is 1. The first-order valence-corrected chi connectivity index (χ1v) is 6.43. The van der Waals surface area contributed by atoms with Crippen LogP contribution in [0.3, 0.4) is 0 Å². The minimum atomic E-state index is 0.865. The van der Waals surface area contributed by atoms with Gasteiger partial charge in [-0.3, -0.25) is 0 Å². The van der Waals surface area contributed by atoms with Gasteiger partial charge >= 0.3 is 0 Å². The molecule has 0 aliphatic carbocycles. The summed E-state index contributed by atoms with van der Waals surface area (Å²) < 4.78 is 0. The molecule has 2 nitrogen and oxygen atoms in total. The van der Waals surface area contributed by atoms with Crippen LogP contribution in [0.2, 0.25) is 0 Å². The molecular formula is C14H24N2+2. The van der Waals surface area contributed by atoms with Crippen LogP contribution in [0, 0.1) is 0 Å². The van der Waals surface area contributed by atoms with Gasteiger partial charge < -0.3 is 9.80 Å². The van der Waals surface area contributed by atoms with Crippen molar-refractivity contribution in [1.82, 2.24) is 0 Å². The zero-order valence-electron chi connectivity index (χ0n) is 10.5. The van der Waals surface area contributed by atoms with E-state index in [1.165, 1.54) is 38.0 Å². The average molecular weight is 220 g/mol. The molecule has 1 aromatic rings. The van der Waals surface area contributed by atoms with E-state index in [1.807, 2.05) is 0 Å². The van der Waals surface area contributed by atoms with Crippen LogP contribution < -0.4 is 9.80 Å². The lowest BCUT2D eigenvalue weighted by Crippen LogP contribution is -3.17. The van der Waals surface area contributed by atoms with E-state index in [0.717, 1.165) is 6.04 Å². The standard InChI is InChI=1S/C14H22N2/c1-15-10-8-14(9-11-15)16(2)12-13-6-4-3-5-7-13/h3-7,14H,8-12H2,1-2H3/p+2. The maximum Gasteiger partial charge on any atom is 0.103 e. The van der Waals surface area contributed by atoms with E-state index >= 15 is 0 Å². The van der Waals surface area contributed by atoms with Gasteiger partial charge in [0.05, 0.1) is 33.2 Å². The molecule has 0 spiro atoms. The van der Waals surface area contributed by atoms with Crippen molar-refractivity contribution in [1.29, 1.82) is 0 Å². The summed E-state index contributed by atoms with van der Waals surface area (Å²) in [6.45, 7) is 3.86. The van der Waals surface area contributed by atoms with Gasteiger partial charge in [0, 0.05) is 18.4 Å². The molecule has 1 atom stereocenters. The third-order valence-electron chi connectivity index (χ3n) is 3.86. The number of likely N-dealkylation sites (tertiary alicyclic amines) is 1. The minimum absolute atomic E-state index is 0.865. The van der Waals surface area contributed by atoms with Gasteiger partial charge in [0.1, 0.15) is 6.54 Å². The van der Waals surface area contributed by atoms with Crippen LogP contribution in [-0.2, 0) is 6.54 Å². The zero-order chi connectivity index (χ0) is 11.4. The first kappa shape index (κ1) is 11.6. The van der Waals surface area contributed by atoms with Crippen LogP contribution in [-0.4, -0.2) is 33.2 Å². The van der Waals surface area contributed by atoms with E-state index in [-0.39, 0.29) is 0 Å². The van der Waals surface area contributed by atoms with Crippen molar-refractivity contribution in [2.24, 2.45) is 0 Å². The summed E-state index contributed by atoms with van der Waals surface area (Å²) >= 11 is 0. The lowest BCUT2D eigenvalue weighted by Gasteiger charge is -2.30. The molecule has 0 aromatic heterocycles. The Kier molecular flexibility index (Phi) is 3.97. The van der Waals surface area contributed by atoms with Crippen LogP contribution in [0.15, 0.2) is 30.3 Å². The van der Waals surface area contributed by atoms with Crippen LogP contribution in [0.4, 0.5) is 0 Å². The fraction of sp³-hybridized carbons (Fsp3) is 0.571. The van der Waals surface area contributed by atoms with Gasteiger partial charge in [-0.15, -0.1) is 0 Å². The van der Waals surface area contributed by atoms with Gasteiger partial charge in [0.2, 0.25) is 0 Å². The van der Waals surface area contributed by atoms with E-state index in [2.05, 4.69) is 44.4 Å². The predicted octanol–water partition coefficient (Wildman–Crippen LogP) is -0.622. The molecule has 1 saturated heterocycles. The average Bonchev–Trinajstić information content (AvgIpc) is 2.31. The van der Waals surface area contributed by atoms with Gasteiger partial charge in [-0.25, -0.2) is 0 Å². The maximum atomic E-state index is 2.35. The highest BCUT2D eigenvalue weighted by Crippen LogP contribution is 1.98. The Morgan fingerprint density at radius 1 is 1.19 bits per heavy atom. The molecule has 2 heteroatoms. The Hall–Kier alpha value is -0.860. The van der Waals surface area contributed by atoms with E-state index in [9.17, 15) is 0 Å². The fourth-order valence-electron chi connectivity index (χ4n) is 2.67. The number of rotatable bonds is 3. The van der Waals surface area contributed by atoms with E-state index < -0.39 is 0 Å². The van der Waals surface area contributed by atoms with Gasteiger partial charge in [0.15, 0.2) is 0 Å². The summed E-state index contributed by atoms with van der Waals surface area (Å²) in [5, 5.41) is 0. The Bertz CT molecular complexity index is 302. The SMILES string of the molecule is C[NH+]1CCC([NH+](C)Cc2ccccc2)CC1. The van der Waals surface area contributed by atoms with Crippen molar-refractivity contribution in [3.8, 4) is 0 Å². The molecule has 1 unspecified atom stereocenters. The second-order valence-corrected chi connectivity index (χ2v) is 5.24. The largest absolute Gasteiger partial charge is 0.337 e. The van der Waals surface area contributed by atoms with Crippen molar-refractivity contribution in [3.63, 3.8) is 0 Å². The third-order valence-corrected chi connectivity index (χ3v) is 3.86. The van der Waals surface area contributed by atoms with Crippen molar-refractivity contribution >= 4 is 0 Å². The Morgan fingerprint density at radius 3 is 2.44 bits per heavy atom. The first-order valence-electron chi connectivity index (χ1n) is 6.43. The van der Waals surface area contributed by atoms with E-state index in [4.69, 9.17) is 0 Å². The summed E-state index contributed by atoms with van der Waals surface area (Å²) in [7, 11) is 4.65. The molecule has 0 saturated carbocycles. The molecule has 0 amide bonds. The Morgan fingerprint density at radius 2 is 1.81 bits per heavy atom. The molecule has 1 aliphatic heterocycles. The van der Waals surface area contributed by atoms with Crippen molar-refractivity contribution < 1.29 is 9.80 Å². The molecule has 0 radical (unpaired) electrons.